The molecule has 0 radical (unpaired) electrons. The lowest BCUT2D eigenvalue weighted by Crippen LogP contribution is -2.31. The molecule has 0 saturated carbocycles. The molecule has 0 rings (SSSR count). The Morgan fingerprint density at radius 2 is 1.10 bits per heavy atom. The monoisotopic (exact) mass is 295 g/mol. The Labute approximate surface area is 134 Å². The van der Waals surface area contributed by atoms with Crippen LogP contribution in [0, 0.1) is 0 Å². The highest BCUT2D eigenvalue weighted by Crippen LogP contribution is 2.13. The van der Waals surface area contributed by atoms with Crippen molar-refractivity contribution in [3.63, 3.8) is 0 Å². The molecule has 0 heterocycles. The number of unbranched alkanes of at least 4 members (excludes halogenated alkanes) is 11. The molecule has 0 aliphatic carbocycles. The van der Waals surface area contributed by atoms with Crippen LogP contribution in [0.15, 0.2) is 12.2 Å². The van der Waals surface area contributed by atoms with Gasteiger partial charge in [-0.3, -0.25) is 0 Å². The number of hydrogen-bond acceptors (Lipinski definition) is 1. The zero-order valence-electron chi connectivity index (χ0n) is 15.1. The summed E-state index contributed by atoms with van der Waals surface area (Å²) in [5.41, 5.74) is 6.01. The van der Waals surface area contributed by atoms with E-state index in [9.17, 15) is 0 Å². The van der Waals surface area contributed by atoms with Crippen molar-refractivity contribution < 1.29 is 0 Å². The predicted octanol–water partition coefficient (Wildman–Crippen LogP) is 6.76. The van der Waals surface area contributed by atoms with E-state index in [1.54, 1.807) is 0 Å². The van der Waals surface area contributed by atoms with Crippen LogP contribution in [0.4, 0.5) is 0 Å². The van der Waals surface area contributed by atoms with Crippen molar-refractivity contribution in [3.05, 3.63) is 12.2 Å². The SMILES string of the molecule is CCCCCCCCC=CCCCCCCCC(C)(C)N. The van der Waals surface area contributed by atoms with E-state index in [2.05, 4.69) is 32.9 Å². The molecule has 1 heteroatoms. The number of hydrogen-bond donors (Lipinski definition) is 1. The van der Waals surface area contributed by atoms with E-state index in [-0.39, 0.29) is 5.54 Å². The van der Waals surface area contributed by atoms with Crippen molar-refractivity contribution in [2.24, 2.45) is 5.73 Å². The van der Waals surface area contributed by atoms with Gasteiger partial charge in [0.2, 0.25) is 0 Å². The summed E-state index contributed by atoms with van der Waals surface area (Å²) in [6.07, 6.45) is 23.7. The van der Waals surface area contributed by atoms with Gasteiger partial charge in [0, 0.05) is 5.54 Å². The minimum Gasteiger partial charge on any atom is -0.326 e. The summed E-state index contributed by atoms with van der Waals surface area (Å²) in [4.78, 5) is 0. The molecule has 21 heavy (non-hydrogen) atoms. The van der Waals surface area contributed by atoms with Gasteiger partial charge in [0.05, 0.1) is 0 Å². The highest BCUT2D eigenvalue weighted by Gasteiger charge is 2.08. The normalized spacial score (nSPS) is 12.4. The van der Waals surface area contributed by atoms with Gasteiger partial charge in [-0.15, -0.1) is 0 Å². The summed E-state index contributed by atoms with van der Waals surface area (Å²) in [6.45, 7) is 6.53. The van der Waals surface area contributed by atoms with Crippen molar-refractivity contribution in [3.8, 4) is 0 Å². The molecule has 0 aromatic rings. The van der Waals surface area contributed by atoms with Crippen LogP contribution in [-0.4, -0.2) is 5.54 Å². The molecule has 0 aromatic carbocycles. The molecule has 0 aromatic heterocycles. The zero-order chi connectivity index (χ0) is 15.8. The predicted molar refractivity (Wildman–Crippen MR) is 97.7 cm³/mol. The molecule has 0 fully saturated rings. The zero-order valence-corrected chi connectivity index (χ0v) is 15.1. The number of nitrogens with two attached hydrogens (primary N) is 1. The van der Waals surface area contributed by atoms with E-state index in [1.807, 2.05) is 0 Å². The first kappa shape index (κ1) is 20.7. The average Bonchev–Trinajstić information content (AvgIpc) is 2.42. The molecule has 0 spiro atoms. The smallest absolute Gasteiger partial charge is 0.00970 e. The Balaban J connectivity index is 3.12. The highest BCUT2D eigenvalue weighted by atomic mass is 14.7. The summed E-state index contributed by atoms with van der Waals surface area (Å²) in [6, 6.07) is 0. The van der Waals surface area contributed by atoms with Gasteiger partial charge in [-0.25, -0.2) is 0 Å². The van der Waals surface area contributed by atoms with Crippen LogP contribution in [0.2, 0.25) is 0 Å². The first-order valence-corrected chi connectivity index (χ1v) is 9.50. The van der Waals surface area contributed by atoms with Crippen LogP contribution in [-0.2, 0) is 0 Å². The summed E-state index contributed by atoms with van der Waals surface area (Å²) in [7, 11) is 0. The van der Waals surface area contributed by atoms with Gasteiger partial charge in [-0.1, -0.05) is 76.9 Å². The van der Waals surface area contributed by atoms with E-state index in [4.69, 9.17) is 5.73 Å². The van der Waals surface area contributed by atoms with Crippen molar-refractivity contribution in [1.82, 2.24) is 0 Å². The van der Waals surface area contributed by atoms with E-state index < -0.39 is 0 Å². The van der Waals surface area contributed by atoms with Gasteiger partial charge in [-0.2, -0.15) is 0 Å². The lowest BCUT2D eigenvalue weighted by Gasteiger charge is -2.17. The first-order chi connectivity index (χ1) is 10.1. The molecule has 0 aliphatic heterocycles. The minimum atomic E-state index is 0.0271. The molecule has 2 N–H and O–H groups in total. The quantitative estimate of drug-likeness (QED) is 0.262. The Kier molecular flexibility index (Phi) is 14.4. The fourth-order valence-corrected chi connectivity index (χ4v) is 2.65. The number of rotatable bonds is 15. The largest absolute Gasteiger partial charge is 0.326 e. The van der Waals surface area contributed by atoms with E-state index >= 15 is 0 Å². The fraction of sp³-hybridized carbons (Fsp3) is 0.900. The molecule has 1 nitrogen and oxygen atoms in total. The third-order valence-electron chi connectivity index (χ3n) is 4.08. The highest BCUT2D eigenvalue weighted by molar-refractivity contribution is 4.81. The lowest BCUT2D eigenvalue weighted by atomic mass is 9.97. The molecule has 0 amide bonds. The molecule has 0 saturated heterocycles. The van der Waals surface area contributed by atoms with E-state index in [1.165, 1.54) is 83.5 Å². The maximum Gasteiger partial charge on any atom is 0.00970 e. The Hall–Kier alpha value is -0.300. The van der Waals surface area contributed by atoms with Crippen molar-refractivity contribution in [1.29, 1.82) is 0 Å². The Morgan fingerprint density at radius 3 is 1.57 bits per heavy atom. The van der Waals surface area contributed by atoms with Crippen LogP contribution in [0.5, 0.6) is 0 Å². The van der Waals surface area contributed by atoms with Gasteiger partial charge in [0.25, 0.3) is 0 Å². The van der Waals surface area contributed by atoms with Crippen LogP contribution in [0.1, 0.15) is 111 Å². The van der Waals surface area contributed by atoms with Gasteiger partial charge in [0.15, 0.2) is 0 Å². The van der Waals surface area contributed by atoms with Crippen LogP contribution < -0.4 is 5.73 Å². The second-order valence-corrected chi connectivity index (χ2v) is 7.32. The van der Waals surface area contributed by atoms with Gasteiger partial charge >= 0.3 is 0 Å². The first-order valence-electron chi connectivity index (χ1n) is 9.50. The lowest BCUT2D eigenvalue weighted by molar-refractivity contribution is 0.442. The van der Waals surface area contributed by atoms with E-state index in [0.29, 0.717) is 0 Å². The maximum atomic E-state index is 5.98. The summed E-state index contributed by atoms with van der Waals surface area (Å²) < 4.78 is 0. The van der Waals surface area contributed by atoms with Crippen molar-refractivity contribution in [2.75, 3.05) is 0 Å². The average molecular weight is 296 g/mol. The molecule has 0 aliphatic rings. The fourth-order valence-electron chi connectivity index (χ4n) is 2.65. The third kappa shape index (κ3) is 19.7. The molecular weight excluding hydrogens is 254 g/mol. The summed E-state index contributed by atoms with van der Waals surface area (Å²) in [5.74, 6) is 0. The standard InChI is InChI=1S/C20H41N/c1-4-5-6-7-8-9-10-11-12-13-14-15-16-17-18-19-20(2,3)21/h11-12H,4-10,13-19,21H2,1-3H3. The Bertz CT molecular complexity index is 224. The van der Waals surface area contributed by atoms with E-state index in [0.717, 1.165) is 6.42 Å². The van der Waals surface area contributed by atoms with Crippen molar-refractivity contribution in [2.45, 2.75) is 116 Å². The molecule has 0 atom stereocenters. The van der Waals surface area contributed by atoms with Gasteiger partial charge in [0.1, 0.15) is 0 Å². The summed E-state index contributed by atoms with van der Waals surface area (Å²) >= 11 is 0. The van der Waals surface area contributed by atoms with Gasteiger partial charge in [-0.05, 0) is 46.0 Å². The molecule has 0 unspecified atom stereocenters. The topological polar surface area (TPSA) is 26.0 Å². The third-order valence-corrected chi connectivity index (χ3v) is 4.08. The molecule has 0 bridgehead atoms. The molecular formula is C20H41N. The molecule has 126 valence electrons. The van der Waals surface area contributed by atoms with Crippen LogP contribution in [0.25, 0.3) is 0 Å². The van der Waals surface area contributed by atoms with Crippen LogP contribution in [0.3, 0.4) is 0 Å². The minimum absolute atomic E-state index is 0.0271. The second kappa shape index (κ2) is 14.6. The Morgan fingerprint density at radius 1 is 0.667 bits per heavy atom. The van der Waals surface area contributed by atoms with Crippen LogP contribution >= 0.6 is 0 Å². The summed E-state index contributed by atoms with van der Waals surface area (Å²) in [5, 5.41) is 0. The van der Waals surface area contributed by atoms with Crippen molar-refractivity contribution >= 4 is 0 Å². The van der Waals surface area contributed by atoms with Gasteiger partial charge < -0.3 is 5.73 Å². The number of allylic oxidation sites excluding steroid dienone is 2. The second-order valence-electron chi connectivity index (χ2n) is 7.32. The maximum absolute atomic E-state index is 5.98.